The van der Waals surface area contributed by atoms with Gasteiger partial charge in [-0.2, -0.15) is 0 Å². The van der Waals surface area contributed by atoms with Crippen molar-refractivity contribution in [3.05, 3.63) is 42.0 Å². The van der Waals surface area contributed by atoms with Gasteiger partial charge in [-0.1, -0.05) is 6.42 Å². The number of anilines is 1. The Hall–Kier alpha value is -3.20. The molecular weight excluding hydrogens is 412 g/mol. The second kappa shape index (κ2) is 7.74. The molecule has 7 nitrogen and oxygen atoms in total. The van der Waals surface area contributed by atoms with Gasteiger partial charge in [0.05, 0.1) is 17.4 Å². The molecule has 4 aromatic heterocycles. The summed E-state index contributed by atoms with van der Waals surface area (Å²) in [5.41, 5.74) is 2.95. The standard InChI is InChI=1S/C23H23F2N7/c24-20(25)17-10-15-14(4-5-28-21(15)29-17)22-30-18-12-27-11-16(13-2-1-3-13)19(18)23(31-22)32-8-6-26-7-9-32/h4-5,10-13,20,26H,1-3,6-9H2,(H,28,29). The van der Waals surface area contributed by atoms with Gasteiger partial charge in [0, 0.05) is 54.9 Å². The van der Waals surface area contributed by atoms with Crippen molar-refractivity contribution in [2.75, 3.05) is 31.1 Å². The molecule has 0 spiro atoms. The number of alkyl halides is 2. The first-order valence-electron chi connectivity index (χ1n) is 11.1. The lowest BCUT2D eigenvalue weighted by molar-refractivity contribution is 0.147. The number of nitrogens with one attached hydrogen (secondary N) is 2. The van der Waals surface area contributed by atoms with E-state index < -0.39 is 6.43 Å². The molecule has 0 atom stereocenters. The molecule has 2 N–H and O–H groups in total. The maximum atomic E-state index is 13.3. The van der Waals surface area contributed by atoms with Crippen LogP contribution in [-0.2, 0) is 0 Å². The fourth-order valence-electron chi connectivity index (χ4n) is 4.70. The minimum Gasteiger partial charge on any atom is -0.353 e. The normalized spacial score (nSPS) is 17.4. The highest BCUT2D eigenvalue weighted by Gasteiger charge is 2.27. The summed E-state index contributed by atoms with van der Waals surface area (Å²) in [5.74, 6) is 1.91. The third-order valence-electron chi connectivity index (χ3n) is 6.61. The van der Waals surface area contributed by atoms with Crippen molar-refractivity contribution >= 4 is 27.8 Å². The topological polar surface area (TPSA) is 82.6 Å². The minimum atomic E-state index is -2.60. The molecule has 1 aliphatic heterocycles. The van der Waals surface area contributed by atoms with Gasteiger partial charge in [-0.15, -0.1) is 0 Å². The molecule has 32 heavy (non-hydrogen) atoms. The van der Waals surface area contributed by atoms with Crippen molar-refractivity contribution < 1.29 is 8.78 Å². The molecule has 0 bridgehead atoms. The second-order valence-electron chi connectivity index (χ2n) is 8.50. The van der Waals surface area contributed by atoms with E-state index in [1.54, 1.807) is 18.5 Å². The fourth-order valence-corrected chi connectivity index (χ4v) is 4.70. The molecule has 1 saturated carbocycles. The summed E-state index contributed by atoms with van der Waals surface area (Å²) in [4.78, 5) is 23.6. The Balaban J connectivity index is 1.58. The van der Waals surface area contributed by atoms with E-state index in [1.807, 2.05) is 6.20 Å². The van der Waals surface area contributed by atoms with Crippen molar-refractivity contribution in [1.82, 2.24) is 30.2 Å². The number of hydrogen-bond donors (Lipinski definition) is 2. The molecule has 2 aliphatic rings. The highest BCUT2D eigenvalue weighted by atomic mass is 19.3. The second-order valence-corrected chi connectivity index (χ2v) is 8.50. The van der Waals surface area contributed by atoms with E-state index >= 15 is 0 Å². The maximum Gasteiger partial charge on any atom is 0.278 e. The zero-order valence-electron chi connectivity index (χ0n) is 17.5. The van der Waals surface area contributed by atoms with Gasteiger partial charge in [0.15, 0.2) is 5.82 Å². The molecule has 0 radical (unpaired) electrons. The van der Waals surface area contributed by atoms with Crippen LogP contribution >= 0.6 is 0 Å². The van der Waals surface area contributed by atoms with Crippen LogP contribution in [0.15, 0.2) is 30.7 Å². The number of aromatic amines is 1. The summed E-state index contributed by atoms with van der Waals surface area (Å²) in [6.07, 6.45) is 6.31. The average molecular weight is 435 g/mol. The minimum absolute atomic E-state index is 0.156. The van der Waals surface area contributed by atoms with Gasteiger partial charge in [-0.05, 0) is 36.5 Å². The van der Waals surface area contributed by atoms with E-state index in [4.69, 9.17) is 9.97 Å². The average Bonchev–Trinajstić information content (AvgIpc) is 3.23. The molecular formula is C23H23F2N7. The third-order valence-corrected chi connectivity index (χ3v) is 6.61. The Morgan fingerprint density at radius 2 is 1.94 bits per heavy atom. The zero-order valence-corrected chi connectivity index (χ0v) is 17.5. The van der Waals surface area contributed by atoms with Gasteiger partial charge in [-0.25, -0.2) is 23.7 Å². The van der Waals surface area contributed by atoms with Gasteiger partial charge < -0.3 is 15.2 Å². The Kier molecular flexibility index (Phi) is 4.71. The Labute approximate surface area is 183 Å². The highest BCUT2D eigenvalue weighted by molar-refractivity contribution is 5.97. The Bertz CT molecular complexity index is 1290. The molecule has 1 aliphatic carbocycles. The lowest BCUT2D eigenvalue weighted by Gasteiger charge is -2.32. The number of H-pyrrole nitrogens is 1. The van der Waals surface area contributed by atoms with E-state index in [0.29, 0.717) is 28.3 Å². The van der Waals surface area contributed by atoms with Crippen LogP contribution in [0, 0.1) is 0 Å². The Morgan fingerprint density at radius 1 is 1.09 bits per heavy atom. The molecule has 0 aromatic carbocycles. The van der Waals surface area contributed by atoms with E-state index in [1.165, 1.54) is 18.1 Å². The number of nitrogens with zero attached hydrogens (tertiary/aromatic N) is 5. The molecule has 0 amide bonds. The zero-order chi connectivity index (χ0) is 21.7. The molecule has 5 heterocycles. The van der Waals surface area contributed by atoms with Crippen molar-refractivity contribution in [2.45, 2.75) is 31.6 Å². The molecule has 9 heteroatoms. The number of rotatable bonds is 4. The summed E-state index contributed by atoms with van der Waals surface area (Å²) in [5, 5.41) is 5.06. The van der Waals surface area contributed by atoms with Crippen LogP contribution in [0.25, 0.3) is 33.3 Å². The van der Waals surface area contributed by atoms with Crippen molar-refractivity contribution in [3.8, 4) is 11.4 Å². The molecule has 0 unspecified atom stereocenters. The lowest BCUT2D eigenvalue weighted by Crippen LogP contribution is -2.44. The number of halogens is 2. The first-order chi connectivity index (χ1) is 15.7. The number of aromatic nitrogens is 5. The molecule has 164 valence electrons. The van der Waals surface area contributed by atoms with E-state index in [-0.39, 0.29) is 5.69 Å². The predicted molar refractivity (Wildman–Crippen MR) is 119 cm³/mol. The van der Waals surface area contributed by atoms with Crippen molar-refractivity contribution in [1.29, 1.82) is 0 Å². The molecule has 4 aromatic rings. The number of fused-ring (bicyclic) bond motifs is 2. The van der Waals surface area contributed by atoms with Crippen LogP contribution in [0.4, 0.5) is 14.6 Å². The van der Waals surface area contributed by atoms with Gasteiger partial charge >= 0.3 is 0 Å². The van der Waals surface area contributed by atoms with E-state index in [2.05, 4.69) is 25.2 Å². The van der Waals surface area contributed by atoms with Crippen LogP contribution in [-0.4, -0.2) is 51.1 Å². The van der Waals surface area contributed by atoms with E-state index in [0.717, 1.165) is 55.7 Å². The monoisotopic (exact) mass is 435 g/mol. The predicted octanol–water partition coefficient (Wildman–Crippen LogP) is 4.18. The van der Waals surface area contributed by atoms with E-state index in [9.17, 15) is 8.78 Å². The van der Waals surface area contributed by atoms with Crippen LogP contribution in [0.1, 0.15) is 42.9 Å². The van der Waals surface area contributed by atoms with Crippen LogP contribution in [0.3, 0.4) is 0 Å². The maximum absolute atomic E-state index is 13.3. The SMILES string of the molecule is FC(F)c1cc2c(-c3nc(N4CCNCC4)c4c(C5CCC5)cncc4n3)ccnc2[nH]1. The third kappa shape index (κ3) is 3.19. The fraction of sp³-hybridized carbons (Fsp3) is 0.391. The lowest BCUT2D eigenvalue weighted by atomic mass is 9.79. The largest absolute Gasteiger partial charge is 0.353 e. The van der Waals surface area contributed by atoms with Crippen molar-refractivity contribution in [2.24, 2.45) is 0 Å². The van der Waals surface area contributed by atoms with Crippen LogP contribution in [0.2, 0.25) is 0 Å². The van der Waals surface area contributed by atoms with Crippen LogP contribution < -0.4 is 10.2 Å². The summed E-state index contributed by atoms with van der Waals surface area (Å²) >= 11 is 0. The first kappa shape index (κ1) is 19.5. The van der Waals surface area contributed by atoms with Gasteiger partial charge in [0.2, 0.25) is 0 Å². The molecule has 2 fully saturated rings. The first-order valence-corrected chi connectivity index (χ1v) is 11.1. The van der Waals surface area contributed by atoms with Gasteiger partial charge in [0.25, 0.3) is 6.43 Å². The number of hydrogen-bond acceptors (Lipinski definition) is 6. The summed E-state index contributed by atoms with van der Waals surface area (Å²) in [6.45, 7) is 3.48. The number of pyridine rings is 2. The molecule has 6 rings (SSSR count). The smallest absolute Gasteiger partial charge is 0.278 e. The summed E-state index contributed by atoms with van der Waals surface area (Å²) in [7, 11) is 0. The Morgan fingerprint density at radius 3 is 2.69 bits per heavy atom. The number of piperazine rings is 1. The molecule has 1 saturated heterocycles. The quantitative estimate of drug-likeness (QED) is 0.500. The summed E-state index contributed by atoms with van der Waals surface area (Å²) < 4.78 is 26.6. The van der Waals surface area contributed by atoms with Crippen molar-refractivity contribution in [3.63, 3.8) is 0 Å². The van der Waals surface area contributed by atoms with Gasteiger partial charge in [0.1, 0.15) is 11.5 Å². The highest BCUT2D eigenvalue weighted by Crippen LogP contribution is 2.42. The van der Waals surface area contributed by atoms with Gasteiger partial charge in [-0.3, -0.25) is 4.98 Å². The van der Waals surface area contributed by atoms with Crippen LogP contribution in [0.5, 0.6) is 0 Å². The summed E-state index contributed by atoms with van der Waals surface area (Å²) in [6, 6.07) is 3.24.